The van der Waals surface area contributed by atoms with Gasteiger partial charge in [-0.05, 0) is 74.2 Å². The zero-order valence-corrected chi connectivity index (χ0v) is 35.4. The maximum absolute atomic E-state index is 13.5. The Morgan fingerprint density at radius 3 is 1.05 bits per heavy atom. The lowest BCUT2D eigenvalue weighted by molar-refractivity contribution is -0.135. The van der Waals surface area contributed by atoms with Crippen LogP contribution in [0.15, 0.2) is 60.7 Å². The van der Waals surface area contributed by atoms with Crippen LogP contribution in [0.3, 0.4) is 0 Å². The largest absolute Gasteiger partial charge is 0.494 e. The van der Waals surface area contributed by atoms with Gasteiger partial charge in [-0.15, -0.1) is 0 Å². The molecule has 0 amide bonds. The number of esters is 4. The second-order valence-corrected chi connectivity index (χ2v) is 14.7. The summed E-state index contributed by atoms with van der Waals surface area (Å²) in [6.45, 7) is 9.68. The van der Waals surface area contributed by atoms with Gasteiger partial charge in [0.1, 0.15) is 11.5 Å². The van der Waals surface area contributed by atoms with Gasteiger partial charge in [-0.3, -0.25) is 9.59 Å². The van der Waals surface area contributed by atoms with Gasteiger partial charge < -0.3 is 28.4 Å². The molecule has 10 nitrogen and oxygen atoms in total. The van der Waals surface area contributed by atoms with Gasteiger partial charge in [0.15, 0.2) is 23.0 Å². The minimum absolute atomic E-state index is 0.135. The Hall–Kier alpha value is -4.86. The standard InChI is InChI=1S/C48H66O10/c1-5-9-13-15-17-19-23-45(49)55-41-35-44(58-48(52)38-27-31-40(32-28-38)54-34-22-12-8-4)42(56-46(50)24-20-18-16-14-10-6-2)36-43(41)57-47(51)37-25-29-39(30-26-37)53-33-21-11-7-3/h25-32,35-36H,5-24,33-34H2,1-4H3. The highest BCUT2D eigenvalue weighted by Gasteiger charge is 2.24. The molecule has 0 saturated carbocycles. The lowest BCUT2D eigenvalue weighted by Crippen LogP contribution is -2.15. The van der Waals surface area contributed by atoms with Gasteiger partial charge in [0, 0.05) is 25.0 Å². The smallest absolute Gasteiger partial charge is 0.343 e. The molecule has 0 fully saturated rings. The summed E-state index contributed by atoms with van der Waals surface area (Å²) in [5, 5.41) is 0. The molecule has 3 rings (SSSR count). The number of carbonyl (C=O) groups excluding carboxylic acids is 4. The molecule has 0 unspecified atom stereocenters. The van der Waals surface area contributed by atoms with E-state index in [4.69, 9.17) is 28.4 Å². The molecule has 0 aliphatic heterocycles. The van der Waals surface area contributed by atoms with Crippen LogP contribution in [0.25, 0.3) is 0 Å². The van der Waals surface area contributed by atoms with Crippen LogP contribution in [0.2, 0.25) is 0 Å². The Bertz CT molecular complexity index is 1520. The predicted octanol–water partition coefficient (Wildman–Crippen LogP) is 12.6. The van der Waals surface area contributed by atoms with E-state index in [1.807, 2.05) is 0 Å². The van der Waals surface area contributed by atoms with Crippen LogP contribution in [-0.4, -0.2) is 37.1 Å². The van der Waals surface area contributed by atoms with Crippen molar-refractivity contribution in [2.24, 2.45) is 0 Å². The van der Waals surface area contributed by atoms with E-state index in [1.54, 1.807) is 48.5 Å². The van der Waals surface area contributed by atoms with Crippen LogP contribution in [0.5, 0.6) is 34.5 Å². The minimum Gasteiger partial charge on any atom is -0.494 e. The molecule has 58 heavy (non-hydrogen) atoms. The van der Waals surface area contributed by atoms with Crippen LogP contribution >= 0.6 is 0 Å². The first-order chi connectivity index (χ1) is 28.3. The molecule has 0 radical (unpaired) electrons. The summed E-state index contributed by atoms with van der Waals surface area (Å²) in [5.41, 5.74) is 0.445. The number of hydrogen-bond acceptors (Lipinski definition) is 10. The minimum atomic E-state index is -0.739. The first kappa shape index (κ1) is 47.5. The lowest BCUT2D eigenvalue weighted by Gasteiger charge is -2.16. The van der Waals surface area contributed by atoms with E-state index < -0.39 is 23.9 Å². The van der Waals surface area contributed by atoms with Crippen molar-refractivity contribution in [1.82, 2.24) is 0 Å². The molecule has 0 aliphatic rings. The highest BCUT2D eigenvalue weighted by atomic mass is 16.6. The van der Waals surface area contributed by atoms with Crippen molar-refractivity contribution in [3.63, 3.8) is 0 Å². The summed E-state index contributed by atoms with van der Waals surface area (Å²) >= 11 is 0. The van der Waals surface area contributed by atoms with E-state index in [-0.39, 0.29) is 47.0 Å². The Morgan fingerprint density at radius 2 is 0.690 bits per heavy atom. The van der Waals surface area contributed by atoms with Gasteiger partial charge in [-0.1, -0.05) is 118 Å². The van der Waals surface area contributed by atoms with Gasteiger partial charge in [0.25, 0.3) is 0 Å². The fraction of sp³-hybridized carbons (Fsp3) is 0.542. The average Bonchev–Trinajstić information content (AvgIpc) is 3.22. The molecular formula is C48H66O10. The van der Waals surface area contributed by atoms with E-state index in [1.165, 1.54) is 12.1 Å². The number of unbranched alkanes of at least 4 members (excludes halogenated alkanes) is 14. The number of hydrogen-bond donors (Lipinski definition) is 0. The second kappa shape index (κ2) is 28.5. The summed E-state index contributed by atoms with van der Waals surface area (Å²) in [6, 6.07) is 15.6. The summed E-state index contributed by atoms with van der Waals surface area (Å²) in [5.74, 6) is -1.98. The van der Waals surface area contributed by atoms with Crippen molar-refractivity contribution >= 4 is 23.9 Å². The molecule has 0 bridgehead atoms. The van der Waals surface area contributed by atoms with Crippen LogP contribution in [0.4, 0.5) is 0 Å². The summed E-state index contributed by atoms with van der Waals surface area (Å²) in [7, 11) is 0. The quantitative estimate of drug-likeness (QED) is 0.0365. The molecule has 0 atom stereocenters. The third kappa shape index (κ3) is 18.6. The normalized spacial score (nSPS) is 10.8. The number of benzene rings is 3. The second-order valence-electron chi connectivity index (χ2n) is 14.7. The van der Waals surface area contributed by atoms with Gasteiger partial charge in [-0.2, -0.15) is 0 Å². The number of rotatable bonds is 30. The lowest BCUT2D eigenvalue weighted by atomic mass is 10.1. The van der Waals surface area contributed by atoms with Gasteiger partial charge >= 0.3 is 23.9 Å². The fourth-order valence-electron chi connectivity index (χ4n) is 6.06. The van der Waals surface area contributed by atoms with E-state index in [2.05, 4.69) is 27.7 Å². The van der Waals surface area contributed by atoms with E-state index in [0.717, 1.165) is 103 Å². The maximum Gasteiger partial charge on any atom is 0.343 e. The Kier molecular flexibility index (Phi) is 23.4. The van der Waals surface area contributed by atoms with Crippen LogP contribution in [0, 0.1) is 0 Å². The van der Waals surface area contributed by atoms with Crippen molar-refractivity contribution in [2.45, 2.75) is 156 Å². The highest BCUT2D eigenvalue weighted by Crippen LogP contribution is 2.41. The molecular weight excluding hydrogens is 737 g/mol. The average molecular weight is 803 g/mol. The molecule has 3 aromatic rings. The number of ether oxygens (including phenoxy) is 6. The molecule has 0 aromatic heterocycles. The molecule has 0 N–H and O–H groups in total. The Balaban J connectivity index is 1.90. The van der Waals surface area contributed by atoms with Crippen molar-refractivity contribution < 1.29 is 47.6 Å². The van der Waals surface area contributed by atoms with Gasteiger partial charge in [0.05, 0.1) is 24.3 Å². The Morgan fingerprint density at radius 1 is 0.379 bits per heavy atom. The molecule has 3 aromatic carbocycles. The first-order valence-corrected chi connectivity index (χ1v) is 21.8. The zero-order valence-electron chi connectivity index (χ0n) is 35.4. The van der Waals surface area contributed by atoms with Crippen LogP contribution in [0.1, 0.15) is 177 Å². The summed E-state index contributed by atoms with van der Waals surface area (Å²) in [6.07, 6.45) is 18.1. The molecule has 0 aliphatic carbocycles. The van der Waals surface area contributed by atoms with E-state index >= 15 is 0 Å². The molecule has 10 heteroatoms. The molecule has 0 heterocycles. The fourth-order valence-corrected chi connectivity index (χ4v) is 6.06. The zero-order chi connectivity index (χ0) is 41.8. The van der Waals surface area contributed by atoms with Crippen LogP contribution in [-0.2, 0) is 9.59 Å². The Labute approximate surface area is 346 Å². The van der Waals surface area contributed by atoms with Crippen LogP contribution < -0.4 is 28.4 Å². The van der Waals surface area contributed by atoms with Crippen molar-refractivity contribution in [1.29, 1.82) is 0 Å². The first-order valence-electron chi connectivity index (χ1n) is 21.8. The van der Waals surface area contributed by atoms with Crippen molar-refractivity contribution in [3.05, 3.63) is 71.8 Å². The highest BCUT2D eigenvalue weighted by molar-refractivity contribution is 5.93. The summed E-state index contributed by atoms with van der Waals surface area (Å²) < 4.78 is 34.8. The maximum atomic E-state index is 13.5. The van der Waals surface area contributed by atoms with Crippen molar-refractivity contribution in [2.75, 3.05) is 13.2 Å². The van der Waals surface area contributed by atoms with E-state index in [9.17, 15) is 19.2 Å². The van der Waals surface area contributed by atoms with Crippen molar-refractivity contribution in [3.8, 4) is 34.5 Å². The number of carbonyl (C=O) groups is 4. The molecule has 318 valence electrons. The van der Waals surface area contributed by atoms with Gasteiger partial charge in [0.2, 0.25) is 0 Å². The monoisotopic (exact) mass is 802 g/mol. The summed E-state index contributed by atoms with van der Waals surface area (Å²) in [4.78, 5) is 53.4. The predicted molar refractivity (Wildman–Crippen MR) is 227 cm³/mol. The molecule has 0 spiro atoms. The topological polar surface area (TPSA) is 124 Å². The molecule has 0 saturated heterocycles. The van der Waals surface area contributed by atoms with Gasteiger partial charge in [-0.25, -0.2) is 9.59 Å². The third-order valence-electron chi connectivity index (χ3n) is 9.55. The third-order valence-corrected chi connectivity index (χ3v) is 9.55. The SMILES string of the molecule is CCCCCCCCC(=O)Oc1cc(OC(=O)c2ccc(OCCCCC)cc2)c(OC(=O)CCCCCCCC)cc1OC(=O)c1ccc(OCCCCC)cc1. The van der Waals surface area contributed by atoms with E-state index in [0.29, 0.717) is 37.6 Å².